The summed E-state index contributed by atoms with van der Waals surface area (Å²) in [4.78, 5) is 28.1. The zero-order valence-electron chi connectivity index (χ0n) is 18.5. The summed E-state index contributed by atoms with van der Waals surface area (Å²) in [7, 11) is -3.76. The lowest BCUT2D eigenvalue weighted by molar-refractivity contribution is -0.150. The first-order valence-corrected chi connectivity index (χ1v) is 12.7. The number of hydrogen-bond acceptors (Lipinski definition) is 6. The van der Waals surface area contributed by atoms with Gasteiger partial charge in [-0.1, -0.05) is 41.4 Å². The Morgan fingerprint density at radius 1 is 1.18 bits per heavy atom. The number of piperidine rings is 1. The van der Waals surface area contributed by atoms with Crippen molar-refractivity contribution in [2.75, 3.05) is 26.2 Å². The number of esters is 1. The van der Waals surface area contributed by atoms with Gasteiger partial charge in [0, 0.05) is 25.7 Å². The molecular weight excluding hydrogens is 466 g/mol. The third-order valence-corrected chi connectivity index (χ3v) is 7.90. The summed E-state index contributed by atoms with van der Waals surface area (Å²) >= 11 is 5.94. The van der Waals surface area contributed by atoms with E-state index in [0.29, 0.717) is 25.7 Å². The first kappa shape index (κ1) is 25.1. The van der Waals surface area contributed by atoms with Crippen LogP contribution in [0, 0.1) is 12.8 Å². The molecule has 0 saturated carbocycles. The number of nitrogens with one attached hydrogen (secondary N) is 1. The SMILES string of the molecule is Cc1ccc(CCC(=O)NCCOC(=O)C2CCN(S(=O)(=O)c3cccnc3Cl)CC2)cc1. The van der Waals surface area contributed by atoms with Gasteiger partial charge < -0.3 is 10.1 Å². The van der Waals surface area contributed by atoms with E-state index < -0.39 is 10.0 Å². The largest absolute Gasteiger partial charge is 0.464 e. The van der Waals surface area contributed by atoms with E-state index in [0.717, 1.165) is 5.56 Å². The number of aryl methyl sites for hydroxylation is 2. The number of benzene rings is 1. The van der Waals surface area contributed by atoms with Crippen molar-refractivity contribution in [3.8, 4) is 0 Å². The molecule has 1 aromatic heterocycles. The fraction of sp³-hybridized carbons (Fsp3) is 0.435. The average molecular weight is 494 g/mol. The number of carbonyl (C=O) groups excluding carboxylic acids is 2. The second-order valence-corrected chi connectivity index (χ2v) is 10.2. The van der Waals surface area contributed by atoms with Crippen molar-refractivity contribution >= 4 is 33.5 Å². The topological polar surface area (TPSA) is 106 Å². The molecule has 0 atom stereocenters. The van der Waals surface area contributed by atoms with E-state index in [4.69, 9.17) is 16.3 Å². The summed E-state index contributed by atoms with van der Waals surface area (Å²) < 4.78 is 32.1. The highest BCUT2D eigenvalue weighted by molar-refractivity contribution is 7.89. The Bertz CT molecular complexity index is 1070. The highest BCUT2D eigenvalue weighted by Gasteiger charge is 2.34. The van der Waals surface area contributed by atoms with Crippen LogP contribution in [0.15, 0.2) is 47.5 Å². The fourth-order valence-corrected chi connectivity index (χ4v) is 5.49. The zero-order chi connectivity index (χ0) is 23.8. The average Bonchev–Trinajstić information content (AvgIpc) is 2.81. The molecule has 3 rings (SSSR count). The molecule has 1 amide bonds. The van der Waals surface area contributed by atoms with Crippen molar-refractivity contribution < 1.29 is 22.7 Å². The molecule has 0 spiro atoms. The van der Waals surface area contributed by atoms with Crippen molar-refractivity contribution in [1.29, 1.82) is 0 Å². The van der Waals surface area contributed by atoms with Gasteiger partial charge in [-0.2, -0.15) is 4.31 Å². The number of pyridine rings is 1. The predicted molar refractivity (Wildman–Crippen MR) is 124 cm³/mol. The fourth-order valence-electron chi connectivity index (χ4n) is 3.60. The van der Waals surface area contributed by atoms with Gasteiger partial charge in [0.1, 0.15) is 16.7 Å². The first-order chi connectivity index (χ1) is 15.8. The Morgan fingerprint density at radius 2 is 1.88 bits per heavy atom. The van der Waals surface area contributed by atoms with Crippen LogP contribution in [0.1, 0.15) is 30.4 Å². The molecular formula is C23H28ClN3O5S. The minimum Gasteiger partial charge on any atom is -0.464 e. The molecule has 33 heavy (non-hydrogen) atoms. The smallest absolute Gasteiger partial charge is 0.309 e. The molecule has 0 bridgehead atoms. The molecule has 0 aliphatic carbocycles. The maximum atomic E-state index is 12.8. The van der Waals surface area contributed by atoms with Crippen LogP contribution in [-0.4, -0.2) is 55.8 Å². The molecule has 1 saturated heterocycles. The van der Waals surface area contributed by atoms with E-state index in [9.17, 15) is 18.0 Å². The Hall–Kier alpha value is -2.49. The van der Waals surface area contributed by atoms with E-state index in [2.05, 4.69) is 10.3 Å². The number of halogens is 1. The van der Waals surface area contributed by atoms with E-state index >= 15 is 0 Å². The van der Waals surface area contributed by atoms with Gasteiger partial charge in [-0.05, 0) is 43.9 Å². The van der Waals surface area contributed by atoms with Crippen LogP contribution >= 0.6 is 11.6 Å². The van der Waals surface area contributed by atoms with Gasteiger partial charge in [0.15, 0.2) is 0 Å². The maximum Gasteiger partial charge on any atom is 0.309 e. The summed E-state index contributed by atoms with van der Waals surface area (Å²) in [6, 6.07) is 11.0. The molecule has 10 heteroatoms. The maximum absolute atomic E-state index is 12.8. The van der Waals surface area contributed by atoms with E-state index in [1.807, 2.05) is 31.2 Å². The molecule has 1 fully saturated rings. The van der Waals surface area contributed by atoms with Crippen LogP contribution in [0.3, 0.4) is 0 Å². The second-order valence-electron chi connectivity index (χ2n) is 7.97. The van der Waals surface area contributed by atoms with E-state index in [1.165, 1.54) is 28.2 Å². The van der Waals surface area contributed by atoms with Gasteiger partial charge in [0.2, 0.25) is 15.9 Å². The monoisotopic (exact) mass is 493 g/mol. The van der Waals surface area contributed by atoms with Crippen molar-refractivity contribution in [2.24, 2.45) is 5.92 Å². The van der Waals surface area contributed by atoms with Crippen LogP contribution in [0.2, 0.25) is 5.15 Å². The molecule has 2 aromatic rings. The van der Waals surface area contributed by atoms with Gasteiger partial charge in [0.05, 0.1) is 12.5 Å². The van der Waals surface area contributed by atoms with Crippen molar-refractivity contribution in [3.63, 3.8) is 0 Å². The number of sulfonamides is 1. The van der Waals surface area contributed by atoms with Crippen molar-refractivity contribution in [3.05, 3.63) is 58.9 Å². The highest BCUT2D eigenvalue weighted by atomic mass is 35.5. The third kappa shape index (κ3) is 6.99. The number of rotatable bonds is 9. The minimum atomic E-state index is -3.76. The third-order valence-electron chi connectivity index (χ3n) is 5.56. The number of hydrogen-bond donors (Lipinski definition) is 1. The molecule has 1 aromatic carbocycles. The summed E-state index contributed by atoms with van der Waals surface area (Å²) in [6.45, 7) is 2.73. The Morgan fingerprint density at radius 3 is 2.55 bits per heavy atom. The number of nitrogens with zero attached hydrogens (tertiary/aromatic N) is 2. The van der Waals surface area contributed by atoms with Gasteiger partial charge in [-0.15, -0.1) is 0 Å². The van der Waals surface area contributed by atoms with Crippen LogP contribution in [-0.2, 0) is 30.8 Å². The lowest BCUT2D eigenvalue weighted by atomic mass is 9.98. The number of amides is 1. The Balaban J connectivity index is 1.35. The van der Waals surface area contributed by atoms with E-state index in [1.54, 1.807) is 0 Å². The lowest BCUT2D eigenvalue weighted by Crippen LogP contribution is -2.41. The lowest BCUT2D eigenvalue weighted by Gasteiger charge is -2.30. The molecule has 2 heterocycles. The zero-order valence-corrected chi connectivity index (χ0v) is 20.1. The molecule has 0 radical (unpaired) electrons. The quantitative estimate of drug-likeness (QED) is 0.327. The van der Waals surface area contributed by atoms with Gasteiger partial charge in [-0.25, -0.2) is 13.4 Å². The standard InChI is InChI=1S/C23H28ClN3O5S/c1-17-4-6-18(7-5-17)8-9-21(28)25-13-16-32-23(29)19-10-14-27(15-11-19)33(30,31)20-3-2-12-26-22(20)24/h2-7,12,19H,8-11,13-16H2,1H3,(H,25,28). The second kappa shape index (κ2) is 11.6. The van der Waals surface area contributed by atoms with Crippen LogP contribution in [0.4, 0.5) is 0 Å². The summed E-state index contributed by atoms with van der Waals surface area (Å²) in [5, 5.41) is 2.68. The minimum absolute atomic E-state index is 0.0363. The Labute approximate surface area is 199 Å². The normalized spacial score (nSPS) is 15.2. The summed E-state index contributed by atoms with van der Waals surface area (Å²) in [5.41, 5.74) is 2.27. The molecule has 178 valence electrons. The van der Waals surface area contributed by atoms with Crippen LogP contribution in [0.25, 0.3) is 0 Å². The molecule has 1 aliphatic rings. The molecule has 0 unspecified atom stereocenters. The van der Waals surface area contributed by atoms with Gasteiger partial charge in [-0.3, -0.25) is 9.59 Å². The highest BCUT2D eigenvalue weighted by Crippen LogP contribution is 2.27. The predicted octanol–water partition coefficient (Wildman–Crippen LogP) is 2.74. The number of carbonyl (C=O) groups is 2. The van der Waals surface area contributed by atoms with Crippen molar-refractivity contribution in [1.82, 2.24) is 14.6 Å². The first-order valence-electron chi connectivity index (χ1n) is 10.9. The van der Waals surface area contributed by atoms with Gasteiger partial charge in [0.25, 0.3) is 0 Å². The number of ether oxygens (including phenoxy) is 1. The van der Waals surface area contributed by atoms with Crippen molar-refractivity contribution in [2.45, 2.75) is 37.5 Å². The Kier molecular flexibility index (Phi) is 8.82. The van der Waals surface area contributed by atoms with Gasteiger partial charge >= 0.3 is 5.97 Å². The van der Waals surface area contributed by atoms with Crippen LogP contribution < -0.4 is 5.32 Å². The number of aromatic nitrogens is 1. The molecule has 8 nitrogen and oxygen atoms in total. The summed E-state index contributed by atoms with van der Waals surface area (Å²) in [5.74, 6) is -0.849. The summed E-state index contributed by atoms with van der Waals surface area (Å²) in [6.07, 6.45) is 3.16. The molecule has 1 N–H and O–H groups in total. The van der Waals surface area contributed by atoms with E-state index in [-0.39, 0.29) is 54.1 Å². The molecule has 1 aliphatic heterocycles. The van der Waals surface area contributed by atoms with Crippen LogP contribution in [0.5, 0.6) is 0 Å².